The Morgan fingerprint density at radius 2 is 2.00 bits per heavy atom. The number of anilines is 1. The van der Waals surface area contributed by atoms with Crippen LogP contribution in [0.15, 0.2) is 18.2 Å². The lowest BCUT2D eigenvalue weighted by Crippen LogP contribution is -2.53. The lowest BCUT2D eigenvalue weighted by atomic mass is 10.2. The highest BCUT2D eigenvalue weighted by molar-refractivity contribution is 6.30. The van der Waals surface area contributed by atoms with E-state index in [9.17, 15) is 4.79 Å². The van der Waals surface area contributed by atoms with Gasteiger partial charge in [0.25, 0.3) is 0 Å². The van der Waals surface area contributed by atoms with E-state index in [1.54, 1.807) is 7.11 Å². The van der Waals surface area contributed by atoms with Crippen LogP contribution in [0.2, 0.25) is 5.02 Å². The molecule has 2 fully saturated rings. The minimum absolute atomic E-state index is 0.00749. The number of hydrogen-bond donors (Lipinski definition) is 1. The molecule has 2 amide bonds. The Balaban J connectivity index is 1.60. The van der Waals surface area contributed by atoms with Gasteiger partial charge in [-0.25, -0.2) is 4.79 Å². The van der Waals surface area contributed by atoms with Crippen molar-refractivity contribution in [1.29, 1.82) is 0 Å². The zero-order valence-corrected chi connectivity index (χ0v) is 15.8. The molecule has 2 saturated heterocycles. The summed E-state index contributed by atoms with van der Waals surface area (Å²) in [5.74, 6) is 0.798. The maximum atomic E-state index is 12.6. The first-order chi connectivity index (χ1) is 12.0. The van der Waals surface area contributed by atoms with E-state index in [0.29, 0.717) is 18.1 Å². The van der Waals surface area contributed by atoms with Crippen LogP contribution in [0.3, 0.4) is 0 Å². The van der Waals surface area contributed by atoms with Crippen LogP contribution < -0.4 is 15.0 Å². The summed E-state index contributed by atoms with van der Waals surface area (Å²) in [6, 6.07) is 5.72. The largest absolute Gasteiger partial charge is 0.495 e. The lowest BCUT2D eigenvalue weighted by molar-refractivity contribution is -0.0547. The summed E-state index contributed by atoms with van der Waals surface area (Å²) in [6.45, 7) is 6.87. The van der Waals surface area contributed by atoms with Gasteiger partial charge in [0, 0.05) is 37.2 Å². The Bertz CT molecular complexity index is 618. The van der Waals surface area contributed by atoms with Gasteiger partial charge in [-0.15, -0.1) is 0 Å². The fourth-order valence-electron chi connectivity index (χ4n) is 3.62. The molecule has 3 atom stereocenters. The number of benzene rings is 1. The third kappa shape index (κ3) is 4.30. The molecule has 2 heterocycles. The minimum atomic E-state index is -0.00749. The van der Waals surface area contributed by atoms with Crippen LogP contribution in [0.4, 0.5) is 10.5 Å². The van der Waals surface area contributed by atoms with Crippen LogP contribution in [0.1, 0.15) is 20.3 Å². The van der Waals surface area contributed by atoms with Gasteiger partial charge in [0.1, 0.15) is 5.75 Å². The van der Waals surface area contributed by atoms with Gasteiger partial charge >= 0.3 is 6.03 Å². The van der Waals surface area contributed by atoms with E-state index in [4.69, 9.17) is 21.1 Å². The van der Waals surface area contributed by atoms with Gasteiger partial charge in [0.2, 0.25) is 0 Å². The second kappa shape index (κ2) is 7.70. The number of ether oxygens (including phenoxy) is 2. The fraction of sp³-hybridized carbons (Fsp3) is 0.611. The Labute approximate surface area is 154 Å². The highest BCUT2D eigenvalue weighted by Gasteiger charge is 2.30. The number of amides is 2. The van der Waals surface area contributed by atoms with Crippen LogP contribution in [0.25, 0.3) is 0 Å². The van der Waals surface area contributed by atoms with Gasteiger partial charge in [0.15, 0.2) is 0 Å². The normalized spacial score (nSPS) is 26.6. The molecule has 2 aliphatic heterocycles. The Kier molecular flexibility index (Phi) is 5.59. The Hall–Kier alpha value is -1.66. The van der Waals surface area contributed by atoms with Gasteiger partial charge in [-0.05, 0) is 38.5 Å². The first-order valence-corrected chi connectivity index (χ1v) is 9.13. The van der Waals surface area contributed by atoms with E-state index in [1.807, 2.05) is 36.9 Å². The van der Waals surface area contributed by atoms with Crippen LogP contribution in [-0.2, 0) is 4.74 Å². The molecule has 1 aromatic rings. The fourth-order valence-corrected chi connectivity index (χ4v) is 3.78. The van der Waals surface area contributed by atoms with Crippen molar-refractivity contribution in [3.05, 3.63) is 23.2 Å². The molecule has 6 nitrogen and oxygen atoms in total. The van der Waals surface area contributed by atoms with Crippen molar-refractivity contribution >= 4 is 23.3 Å². The van der Waals surface area contributed by atoms with Crippen LogP contribution >= 0.6 is 11.6 Å². The number of morpholine rings is 1. The van der Waals surface area contributed by atoms with Crippen LogP contribution in [0, 0.1) is 0 Å². The van der Waals surface area contributed by atoms with Crippen molar-refractivity contribution in [2.45, 2.75) is 38.5 Å². The number of nitrogens with zero attached hydrogens (tertiary/aromatic N) is 2. The Morgan fingerprint density at radius 3 is 2.68 bits per heavy atom. The summed E-state index contributed by atoms with van der Waals surface area (Å²) in [4.78, 5) is 16.6. The highest BCUT2D eigenvalue weighted by atomic mass is 35.5. The van der Waals surface area contributed by atoms with Gasteiger partial charge in [-0.2, -0.15) is 0 Å². The summed E-state index contributed by atoms with van der Waals surface area (Å²) in [5, 5.41) is 3.84. The van der Waals surface area contributed by atoms with Gasteiger partial charge in [-0.3, -0.25) is 0 Å². The quantitative estimate of drug-likeness (QED) is 0.892. The molecule has 0 unspecified atom stereocenters. The average Bonchev–Trinajstić information content (AvgIpc) is 3.02. The van der Waals surface area contributed by atoms with Crippen LogP contribution in [0.5, 0.6) is 5.75 Å². The average molecular weight is 368 g/mol. The summed E-state index contributed by atoms with van der Waals surface area (Å²) >= 11 is 6.13. The zero-order valence-electron chi connectivity index (χ0n) is 15.0. The maximum absolute atomic E-state index is 12.6. The number of urea groups is 1. The highest BCUT2D eigenvalue weighted by Crippen LogP contribution is 2.33. The first-order valence-electron chi connectivity index (χ1n) is 8.75. The Morgan fingerprint density at radius 1 is 1.28 bits per heavy atom. The molecule has 3 rings (SSSR count). The number of carbonyl (C=O) groups is 1. The molecule has 0 bridgehead atoms. The van der Waals surface area contributed by atoms with Gasteiger partial charge in [0.05, 0.1) is 25.0 Å². The molecule has 1 aromatic carbocycles. The smallest absolute Gasteiger partial charge is 0.317 e. The predicted molar refractivity (Wildman–Crippen MR) is 98.7 cm³/mol. The number of nitrogens with one attached hydrogen (secondary N) is 1. The number of rotatable bonds is 3. The van der Waals surface area contributed by atoms with E-state index in [0.717, 1.165) is 30.9 Å². The van der Waals surface area contributed by atoms with E-state index >= 15 is 0 Å². The summed E-state index contributed by atoms with van der Waals surface area (Å²) < 4.78 is 11.1. The molecule has 2 aliphatic rings. The topological polar surface area (TPSA) is 54.0 Å². The third-order valence-electron chi connectivity index (χ3n) is 4.70. The van der Waals surface area contributed by atoms with Crippen molar-refractivity contribution in [3.8, 4) is 5.75 Å². The maximum Gasteiger partial charge on any atom is 0.317 e. The molecular weight excluding hydrogens is 342 g/mol. The number of halogens is 1. The van der Waals surface area contributed by atoms with Crippen LogP contribution in [-0.4, -0.2) is 62.5 Å². The molecular formula is C18H26ClN3O3. The molecule has 7 heteroatoms. The molecule has 0 saturated carbocycles. The van der Waals surface area contributed by atoms with E-state index in [2.05, 4.69) is 10.2 Å². The molecule has 138 valence electrons. The van der Waals surface area contributed by atoms with E-state index < -0.39 is 0 Å². The first kappa shape index (κ1) is 18.1. The van der Waals surface area contributed by atoms with Crippen molar-refractivity contribution in [1.82, 2.24) is 10.2 Å². The monoisotopic (exact) mass is 367 g/mol. The standard InChI is InChI=1S/C18H26ClN3O3/c1-12-9-22(10-13(2)25-12)18(23)20-15-6-7-21(11-15)16-8-14(19)4-5-17(16)24-3/h4-5,8,12-13,15H,6-7,9-11H2,1-3H3,(H,20,23)/t12-,13-,15-/m1/s1. The van der Waals surface area contributed by atoms with Crippen molar-refractivity contribution in [2.24, 2.45) is 0 Å². The number of carbonyl (C=O) groups excluding carboxylic acids is 1. The second-order valence-electron chi connectivity index (χ2n) is 6.86. The molecule has 1 N–H and O–H groups in total. The third-order valence-corrected chi connectivity index (χ3v) is 4.94. The number of hydrogen-bond acceptors (Lipinski definition) is 4. The van der Waals surface area contributed by atoms with Crippen molar-refractivity contribution in [2.75, 3.05) is 38.2 Å². The molecule has 0 spiro atoms. The van der Waals surface area contributed by atoms with E-state index in [1.165, 1.54) is 0 Å². The summed E-state index contributed by atoms with van der Waals surface area (Å²) in [7, 11) is 1.66. The summed E-state index contributed by atoms with van der Waals surface area (Å²) in [6.07, 6.45) is 1.05. The van der Waals surface area contributed by atoms with E-state index in [-0.39, 0.29) is 24.3 Å². The van der Waals surface area contributed by atoms with Crippen molar-refractivity contribution in [3.63, 3.8) is 0 Å². The predicted octanol–water partition coefficient (Wildman–Crippen LogP) is 2.75. The lowest BCUT2D eigenvalue weighted by Gasteiger charge is -2.35. The van der Waals surface area contributed by atoms with Crippen molar-refractivity contribution < 1.29 is 14.3 Å². The second-order valence-corrected chi connectivity index (χ2v) is 7.30. The van der Waals surface area contributed by atoms with Gasteiger partial charge in [-0.1, -0.05) is 11.6 Å². The number of methoxy groups -OCH3 is 1. The summed E-state index contributed by atoms with van der Waals surface area (Å²) in [5.41, 5.74) is 0.973. The van der Waals surface area contributed by atoms with Gasteiger partial charge < -0.3 is 24.6 Å². The zero-order chi connectivity index (χ0) is 18.0. The molecule has 25 heavy (non-hydrogen) atoms. The SMILES string of the molecule is COc1ccc(Cl)cc1N1CC[C@@H](NC(=O)N2C[C@@H](C)O[C@H](C)C2)C1. The molecule has 0 aliphatic carbocycles. The molecule has 0 aromatic heterocycles. The minimum Gasteiger partial charge on any atom is -0.495 e. The molecule has 0 radical (unpaired) electrons.